The molecule has 0 N–H and O–H groups in total. The molecule has 0 bridgehead atoms. The molecule has 0 nitrogen and oxygen atoms in total. The van der Waals surface area contributed by atoms with Crippen LogP contribution in [-0.2, 0) is 0 Å². The molecule has 0 spiro atoms. The van der Waals surface area contributed by atoms with Crippen molar-refractivity contribution in [1.82, 2.24) is 0 Å². The summed E-state index contributed by atoms with van der Waals surface area (Å²) in [5.41, 5.74) is -2.79. The highest BCUT2D eigenvalue weighted by Gasteiger charge is 2.21. The van der Waals surface area contributed by atoms with E-state index in [1.807, 2.05) is 0 Å². The molecule has 13 heavy (non-hydrogen) atoms. The lowest BCUT2D eigenvalue weighted by molar-refractivity contribution is 0.427. The largest absolute Gasteiger partial charge is 0.225 e. The van der Waals surface area contributed by atoms with Gasteiger partial charge in [-0.3, -0.25) is 0 Å². The number of halogens is 6. The average Bonchev–Trinajstić information content (AvgIpc) is 2.07. The molecule has 0 heterocycles. The Morgan fingerprint density at radius 2 is 1.69 bits per heavy atom. The molecule has 0 amide bonds. The molecule has 0 aliphatic carbocycles. The average molecular weight is 233 g/mol. The summed E-state index contributed by atoms with van der Waals surface area (Å²) in [4.78, 5) is 0. The summed E-state index contributed by atoms with van der Waals surface area (Å²) in [6.45, 7) is 0. The van der Waals surface area contributed by atoms with Crippen LogP contribution in [0.25, 0.3) is 0 Å². The second-order valence-corrected chi connectivity index (χ2v) is 2.95. The quantitative estimate of drug-likeness (QED) is 0.298. The second-order valence-electron chi connectivity index (χ2n) is 2.19. The van der Waals surface area contributed by atoms with Gasteiger partial charge in [-0.2, -0.15) is 0 Å². The Labute approximate surface area is 81.1 Å². The summed E-state index contributed by atoms with van der Waals surface area (Å²) in [6, 6.07) is 0.415. The molecule has 72 valence electrons. The van der Waals surface area contributed by atoms with Gasteiger partial charge >= 0.3 is 0 Å². The lowest BCUT2D eigenvalue weighted by Gasteiger charge is -2.05. The van der Waals surface area contributed by atoms with Gasteiger partial charge in [0.05, 0.1) is 5.02 Å². The van der Waals surface area contributed by atoms with Crippen LogP contribution in [0.1, 0.15) is 11.2 Å². The van der Waals surface area contributed by atoms with Gasteiger partial charge in [-0.15, -0.1) is 0 Å². The molecular weight excluding hydrogens is 231 g/mol. The monoisotopic (exact) mass is 232 g/mol. The third kappa shape index (κ3) is 1.89. The standard InChI is InChI=1S/C7H2Cl2F4/c8-4-2(7(9)13)1-3(10)5(11)6(4)12/h1,7H. The van der Waals surface area contributed by atoms with E-state index in [4.69, 9.17) is 23.2 Å². The molecular formula is C7H2Cl2F4. The fraction of sp³-hybridized carbons (Fsp3) is 0.143. The smallest absolute Gasteiger partial charge is 0.200 e. The fourth-order valence-electron chi connectivity index (χ4n) is 0.750. The van der Waals surface area contributed by atoms with Gasteiger partial charge in [0, 0.05) is 5.56 Å². The van der Waals surface area contributed by atoms with E-state index < -0.39 is 33.7 Å². The highest BCUT2D eigenvalue weighted by molar-refractivity contribution is 6.32. The van der Waals surface area contributed by atoms with Crippen LogP contribution < -0.4 is 0 Å². The predicted octanol–water partition coefficient (Wildman–Crippen LogP) is 3.96. The van der Waals surface area contributed by atoms with E-state index >= 15 is 0 Å². The van der Waals surface area contributed by atoms with E-state index in [1.165, 1.54) is 0 Å². The van der Waals surface area contributed by atoms with Crippen LogP contribution >= 0.6 is 23.2 Å². The van der Waals surface area contributed by atoms with Gasteiger partial charge < -0.3 is 0 Å². The first-order valence-electron chi connectivity index (χ1n) is 3.06. The Hall–Kier alpha value is -0.480. The predicted molar refractivity (Wildman–Crippen MR) is 41.0 cm³/mol. The summed E-state index contributed by atoms with van der Waals surface area (Å²) < 4.78 is 50.0. The lowest BCUT2D eigenvalue weighted by Crippen LogP contribution is -1.97. The normalized spacial score (nSPS) is 13.1. The zero-order valence-corrected chi connectivity index (χ0v) is 7.43. The summed E-state index contributed by atoms with van der Waals surface area (Å²) in [6.07, 6.45) is 0. The summed E-state index contributed by atoms with van der Waals surface area (Å²) in [7, 11) is 0. The van der Waals surface area contributed by atoms with Crippen LogP contribution in [0.3, 0.4) is 0 Å². The van der Waals surface area contributed by atoms with Crippen molar-refractivity contribution in [2.45, 2.75) is 5.63 Å². The van der Waals surface area contributed by atoms with Crippen molar-refractivity contribution >= 4 is 23.2 Å². The Bertz CT molecular complexity index is 338. The molecule has 1 rings (SSSR count). The van der Waals surface area contributed by atoms with E-state index in [0.717, 1.165) is 0 Å². The molecule has 1 unspecified atom stereocenters. The van der Waals surface area contributed by atoms with Crippen LogP contribution in [0.4, 0.5) is 17.6 Å². The van der Waals surface area contributed by atoms with E-state index in [0.29, 0.717) is 6.07 Å². The Balaban J connectivity index is 3.41. The minimum atomic E-state index is -2.17. The molecule has 0 fully saturated rings. The van der Waals surface area contributed by atoms with Crippen LogP contribution in [0, 0.1) is 17.5 Å². The molecule has 0 saturated heterocycles. The summed E-state index contributed by atoms with van der Waals surface area (Å²) in [5, 5.41) is -0.846. The SMILES string of the molecule is Fc1cc(C(F)Cl)c(Cl)c(F)c1F. The van der Waals surface area contributed by atoms with E-state index in [-0.39, 0.29) is 0 Å². The highest BCUT2D eigenvalue weighted by Crippen LogP contribution is 2.32. The van der Waals surface area contributed by atoms with Crippen molar-refractivity contribution in [3.63, 3.8) is 0 Å². The third-order valence-electron chi connectivity index (χ3n) is 1.37. The molecule has 1 aromatic rings. The number of alkyl halides is 2. The molecule has 0 saturated carbocycles. The Morgan fingerprint density at radius 3 is 2.15 bits per heavy atom. The topological polar surface area (TPSA) is 0 Å². The first-order valence-corrected chi connectivity index (χ1v) is 3.87. The zero-order valence-electron chi connectivity index (χ0n) is 5.92. The summed E-state index contributed by atoms with van der Waals surface area (Å²) >= 11 is 10.1. The Kier molecular flexibility index (Phi) is 3.03. The zero-order chi connectivity index (χ0) is 10.2. The number of rotatable bonds is 1. The molecule has 1 aromatic carbocycles. The van der Waals surface area contributed by atoms with Crippen molar-refractivity contribution < 1.29 is 17.6 Å². The van der Waals surface area contributed by atoms with Gasteiger partial charge in [0.25, 0.3) is 0 Å². The maximum atomic E-state index is 12.6. The molecule has 1 atom stereocenters. The number of benzene rings is 1. The molecule has 6 heteroatoms. The lowest BCUT2D eigenvalue weighted by atomic mass is 10.2. The number of hydrogen-bond donors (Lipinski definition) is 0. The van der Waals surface area contributed by atoms with Gasteiger partial charge in [-0.1, -0.05) is 23.2 Å². The number of hydrogen-bond acceptors (Lipinski definition) is 0. The minimum absolute atomic E-state index is 0.415. The van der Waals surface area contributed by atoms with Crippen molar-refractivity contribution in [3.05, 3.63) is 34.1 Å². The van der Waals surface area contributed by atoms with Gasteiger partial charge in [-0.25, -0.2) is 17.6 Å². The van der Waals surface area contributed by atoms with Gasteiger partial charge in [0.2, 0.25) is 0 Å². The summed E-state index contributed by atoms with van der Waals surface area (Å²) in [5.74, 6) is -4.91. The molecule has 0 aliphatic rings. The van der Waals surface area contributed by atoms with Gasteiger partial charge in [0.1, 0.15) is 0 Å². The maximum absolute atomic E-state index is 12.6. The molecule has 0 aliphatic heterocycles. The van der Waals surface area contributed by atoms with Crippen molar-refractivity contribution in [2.24, 2.45) is 0 Å². The second kappa shape index (κ2) is 3.72. The van der Waals surface area contributed by atoms with Crippen LogP contribution in [0.2, 0.25) is 5.02 Å². The van der Waals surface area contributed by atoms with E-state index in [9.17, 15) is 17.6 Å². The van der Waals surface area contributed by atoms with Crippen molar-refractivity contribution in [3.8, 4) is 0 Å². The highest BCUT2D eigenvalue weighted by atomic mass is 35.5. The van der Waals surface area contributed by atoms with Crippen LogP contribution in [-0.4, -0.2) is 0 Å². The van der Waals surface area contributed by atoms with Crippen molar-refractivity contribution in [1.29, 1.82) is 0 Å². The van der Waals surface area contributed by atoms with Gasteiger partial charge in [-0.05, 0) is 6.07 Å². The molecule has 0 radical (unpaired) electrons. The minimum Gasteiger partial charge on any atom is -0.225 e. The van der Waals surface area contributed by atoms with E-state index in [1.54, 1.807) is 0 Å². The third-order valence-corrected chi connectivity index (χ3v) is 1.99. The maximum Gasteiger partial charge on any atom is 0.200 e. The fourth-order valence-corrected chi connectivity index (χ4v) is 1.21. The van der Waals surface area contributed by atoms with Crippen LogP contribution in [0.5, 0.6) is 0 Å². The first kappa shape index (κ1) is 10.6. The molecule has 0 aromatic heterocycles. The first-order chi connectivity index (χ1) is 5.95. The van der Waals surface area contributed by atoms with E-state index in [2.05, 4.69) is 0 Å². The van der Waals surface area contributed by atoms with Crippen LogP contribution in [0.15, 0.2) is 6.07 Å². The van der Waals surface area contributed by atoms with Crippen molar-refractivity contribution in [2.75, 3.05) is 0 Å². The van der Waals surface area contributed by atoms with Gasteiger partial charge in [0.15, 0.2) is 23.1 Å². The Morgan fingerprint density at radius 1 is 1.15 bits per heavy atom.